The normalized spacial score (nSPS) is 19.6. The zero-order valence-electron chi connectivity index (χ0n) is 12.2. The second-order valence-electron chi connectivity index (χ2n) is 5.53. The molecule has 0 saturated carbocycles. The van der Waals surface area contributed by atoms with Crippen molar-refractivity contribution in [3.05, 3.63) is 41.7 Å². The lowest BCUT2D eigenvalue weighted by Gasteiger charge is -2.32. The number of piperidine rings is 1. The van der Waals surface area contributed by atoms with Gasteiger partial charge in [-0.15, -0.1) is 0 Å². The minimum atomic E-state index is 0.501. The summed E-state index contributed by atoms with van der Waals surface area (Å²) >= 11 is 6.40. The molecule has 3 rings (SSSR count). The fourth-order valence-corrected chi connectivity index (χ4v) is 2.94. The van der Waals surface area contributed by atoms with Gasteiger partial charge in [0.05, 0.1) is 12.7 Å². The molecule has 0 radical (unpaired) electrons. The van der Waals surface area contributed by atoms with Crippen LogP contribution in [-0.2, 0) is 6.54 Å². The predicted molar refractivity (Wildman–Crippen MR) is 84.0 cm³/mol. The summed E-state index contributed by atoms with van der Waals surface area (Å²) < 4.78 is 7.62. The molecule has 1 aliphatic rings. The summed E-state index contributed by atoms with van der Waals surface area (Å²) in [5.41, 5.74) is 0. The van der Waals surface area contributed by atoms with Gasteiger partial charge in [-0.05, 0) is 38.6 Å². The first-order chi connectivity index (χ1) is 10.2. The third-order valence-electron chi connectivity index (χ3n) is 4.02. The largest absolute Gasteiger partial charge is 0.452 e. The molecule has 2 heterocycles. The molecule has 1 unspecified atom stereocenters. The lowest BCUT2D eigenvalue weighted by Crippen LogP contribution is -2.39. The second kappa shape index (κ2) is 6.50. The molecule has 1 fully saturated rings. The van der Waals surface area contributed by atoms with Gasteiger partial charge >= 0.3 is 0 Å². The Morgan fingerprint density at radius 1 is 1.29 bits per heavy atom. The first-order valence-electron chi connectivity index (χ1n) is 7.38. The lowest BCUT2D eigenvalue weighted by atomic mass is 10.0. The Labute approximate surface area is 130 Å². The number of para-hydroxylation sites is 1. The number of halogens is 1. The van der Waals surface area contributed by atoms with Crippen LogP contribution >= 0.6 is 11.6 Å². The monoisotopic (exact) mass is 305 g/mol. The van der Waals surface area contributed by atoms with Gasteiger partial charge in [0.25, 0.3) is 0 Å². The summed E-state index contributed by atoms with van der Waals surface area (Å²) in [7, 11) is 2.17. The Morgan fingerprint density at radius 3 is 2.86 bits per heavy atom. The van der Waals surface area contributed by atoms with Crippen LogP contribution in [-0.4, -0.2) is 34.3 Å². The molecule has 1 aliphatic heterocycles. The van der Waals surface area contributed by atoms with Crippen LogP contribution in [0.4, 0.5) is 0 Å². The number of likely N-dealkylation sites (N-methyl/N-ethyl adjacent to an activating group) is 1. The van der Waals surface area contributed by atoms with Crippen LogP contribution in [0.25, 0.3) is 0 Å². The first kappa shape index (κ1) is 14.4. The van der Waals surface area contributed by atoms with E-state index in [-0.39, 0.29) is 0 Å². The first-order valence-corrected chi connectivity index (χ1v) is 7.76. The molecular weight excluding hydrogens is 286 g/mol. The molecule has 2 aromatic rings. The molecule has 1 aromatic carbocycles. The average molecular weight is 306 g/mol. The molecule has 4 nitrogen and oxygen atoms in total. The number of nitrogens with zero attached hydrogens (tertiary/aromatic N) is 3. The van der Waals surface area contributed by atoms with Gasteiger partial charge < -0.3 is 9.64 Å². The van der Waals surface area contributed by atoms with E-state index < -0.39 is 0 Å². The van der Waals surface area contributed by atoms with Crippen molar-refractivity contribution in [1.82, 2.24) is 14.7 Å². The molecule has 0 aliphatic carbocycles. The number of hydrogen-bond donors (Lipinski definition) is 0. The van der Waals surface area contributed by atoms with Crippen LogP contribution in [0.1, 0.15) is 19.3 Å². The summed E-state index contributed by atoms with van der Waals surface area (Å²) in [6, 6.07) is 10.1. The number of rotatable bonds is 4. The quantitative estimate of drug-likeness (QED) is 0.860. The van der Waals surface area contributed by atoms with E-state index in [1.54, 1.807) is 6.20 Å². The maximum absolute atomic E-state index is 6.40. The van der Waals surface area contributed by atoms with E-state index in [4.69, 9.17) is 16.3 Å². The highest BCUT2D eigenvalue weighted by Crippen LogP contribution is 2.29. The standard InChI is InChI=1S/C16H20ClN3O/c1-19-10-6-5-7-13(19)12-20-16(17)15(11-18-20)21-14-8-3-2-4-9-14/h2-4,8-9,11,13H,5-7,10,12H2,1H3. The summed E-state index contributed by atoms with van der Waals surface area (Å²) in [5, 5.41) is 4.94. The SMILES string of the molecule is CN1CCCCC1Cn1ncc(Oc2ccccc2)c1Cl. The van der Waals surface area contributed by atoms with Crippen molar-refractivity contribution in [1.29, 1.82) is 0 Å². The van der Waals surface area contributed by atoms with Crippen LogP contribution in [0, 0.1) is 0 Å². The van der Waals surface area contributed by atoms with Gasteiger partial charge in [0.15, 0.2) is 10.9 Å². The van der Waals surface area contributed by atoms with Gasteiger partial charge in [0.1, 0.15) is 5.75 Å². The topological polar surface area (TPSA) is 30.3 Å². The maximum Gasteiger partial charge on any atom is 0.184 e. The van der Waals surface area contributed by atoms with Crippen molar-refractivity contribution < 1.29 is 4.74 Å². The van der Waals surface area contributed by atoms with Gasteiger partial charge in [0, 0.05) is 6.04 Å². The van der Waals surface area contributed by atoms with Crippen molar-refractivity contribution in [3.8, 4) is 11.5 Å². The van der Waals surface area contributed by atoms with Crippen molar-refractivity contribution in [2.75, 3.05) is 13.6 Å². The number of aromatic nitrogens is 2. The van der Waals surface area contributed by atoms with E-state index in [2.05, 4.69) is 17.0 Å². The van der Waals surface area contributed by atoms with Crippen LogP contribution in [0.5, 0.6) is 11.5 Å². The zero-order chi connectivity index (χ0) is 14.7. The fourth-order valence-electron chi connectivity index (χ4n) is 2.74. The summed E-state index contributed by atoms with van der Waals surface area (Å²) in [5.74, 6) is 1.38. The van der Waals surface area contributed by atoms with Gasteiger partial charge in [-0.2, -0.15) is 5.10 Å². The Kier molecular flexibility index (Phi) is 4.46. The van der Waals surface area contributed by atoms with Crippen molar-refractivity contribution in [2.24, 2.45) is 0 Å². The van der Waals surface area contributed by atoms with Crippen LogP contribution in [0.2, 0.25) is 5.15 Å². The van der Waals surface area contributed by atoms with Crippen LogP contribution in [0.15, 0.2) is 36.5 Å². The Bertz CT molecular complexity index is 584. The molecule has 112 valence electrons. The molecule has 1 atom stereocenters. The highest BCUT2D eigenvalue weighted by atomic mass is 35.5. The molecule has 1 aromatic heterocycles. The highest BCUT2D eigenvalue weighted by Gasteiger charge is 2.21. The number of likely N-dealkylation sites (tertiary alicyclic amines) is 1. The van der Waals surface area contributed by atoms with Gasteiger partial charge in [0.2, 0.25) is 0 Å². The van der Waals surface area contributed by atoms with Gasteiger partial charge in [-0.1, -0.05) is 36.2 Å². The zero-order valence-corrected chi connectivity index (χ0v) is 13.0. The molecule has 1 saturated heterocycles. The summed E-state index contributed by atoms with van der Waals surface area (Å²) in [6.07, 6.45) is 5.45. The Hall–Kier alpha value is -1.52. The Balaban J connectivity index is 1.70. The van der Waals surface area contributed by atoms with E-state index in [1.165, 1.54) is 19.3 Å². The fraction of sp³-hybridized carbons (Fsp3) is 0.438. The minimum Gasteiger partial charge on any atom is -0.452 e. The van der Waals surface area contributed by atoms with Crippen molar-refractivity contribution in [3.63, 3.8) is 0 Å². The minimum absolute atomic E-state index is 0.501. The summed E-state index contributed by atoms with van der Waals surface area (Å²) in [6.45, 7) is 1.96. The molecule has 0 amide bonds. The third-order valence-corrected chi connectivity index (χ3v) is 4.40. The van der Waals surface area contributed by atoms with E-state index >= 15 is 0 Å². The molecule has 5 heteroatoms. The molecule has 0 N–H and O–H groups in total. The van der Waals surface area contributed by atoms with E-state index in [9.17, 15) is 0 Å². The van der Waals surface area contributed by atoms with E-state index in [1.807, 2.05) is 35.0 Å². The van der Waals surface area contributed by atoms with Crippen LogP contribution in [0.3, 0.4) is 0 Å². The van der Waals surface area contributed by atoms with Gasteiger partial charge in [-0.3, -0.25) is 0 Å². The number of ether oxygens (including phenoxy) is 1. The van der Waals surface area contributed by atoms with Crippen molar-refractivity contribution >= 4 is 11.6 Å². The molecular formula is C16H20ClN3O. The highest BCUT2D eigenvalue weighted by molar-refractivity contribution is 6.31. The van der Waals surface area contributed by atoms with Crippen LogP contribution < -0.4 is 4.74 Å². The number of benzene rings is 1. The lowest BCUT2D eigenvalue weighted by molar-refractivity contribution is 0.163. The third kappa shape index (κ3) is 3.39. The molecule has 21 heavy (non-hydrogen) atoms. The molecule has 0 spiro atoms. The van der Waals surface area contributed by atoms with Gasteiger partial charge in [-0.25, -0.2) is 4.68 Å². The smallest absolute Gasteiger partial charge is 0.184 e. The van der Waals surface area contributed by atoms with E-state index in [0.29, 0.717) is 16.9 Å². The Morgan fingerprint density at radius 2 is 2.10 bits per heavy atom. The van der Waals surface area contributed by atoms with Crippen molar-refractivity contribution in [2.45, 2.75) is 31.8 Å². The van der Waals surface area contributed by atoms with E-state index in [0.717, 1.165) is 18.8 Å². The molecule has 0 bridgehead atoms. The average Bonchev–Trinajstić information content (AvgIpc) is 2.84. The second-order valence-corrected chi connectivity index (χ2v) is 5.89. The maximum atomic E-state index is 6.40. The number of hydrogen-bond acceptors (Lipinski definition) is 3. The predicted octanol–water partition coefficient (Wildman–Crippen LogP) is 3.81. The summed E-state index contributed by atoms with van der Waals surface area (Å²) in [4.78, 5) is 2.39.